The highest BCUT2D eigenvalue weighted by Gasteiger charge is 2.14. The van der Waals surface area contributed by atoms with Crippen LogP contribution in [0.2, 0.25) is 15.1 Å². The van der Waals surface area contributed by atoms with Gasteiger partial charge in [-0.3, -0.25) is 4.79 Å². The number of nitrogens with one attached hydrogen (secondary N) is 1. The Bertz CT molecular complexity index is 676. The van der Waals surface area contributed by atoms with Crippen molar-refractivity contribution in [1.82, 2.24) is 0 Å². The van der Waals surface area contributed by atoms with Gasteiger partial charge in [-0.05, 0) is 31.2 Å². The van der Waals surface area contributed by atoms with Crippen LogP contribution in [0.4, 0.5) is 5.69 Å². The Morgan fingerprint density at radius 1 is 1.14 bits per heavy atom. The number of hydrogen-bond donors (Lipinski definition) is 2. The van der Waals surface area contributed by atoms with E-state index in [1.807, 2.05) is 36.5 Å². The summed E-state index contributed by atoms with van der Waals surface area (Å²) in [5.41, 5.74) is 1.55. The third-order valence-corrected chi connectivity index (χ3v) is 4.15. The van der Waals surface area contributed by atoms with E-state index in [-0.39, 0.29) is 18.5 Å². The van der Waals surface area contributed by atoms with Crippen molar-refractivity contribution in [2.75, 3.05) is 11.9 Å². The average molecular weight is 359 g/mol. The normalized spacial score (nSPS) is 12.0. The minimum Gasteiger partial charge on any atom is -0.332 e. The highest BCUT2D eigenvalue weighted by molar-refractivity contribution is 6.36. The first kappa shape index (κ1) is 17.1. The van der Waals surface area contributed by atoms with Crippen LogP contribution >= 0.6 is 34.8 Å². The van der Waals surface area contributed by atoms with Crippen LogP contribution in [0.1, 0.15) is 18.5 Å². The van der Waals surface area contributed by atoms with Crippen LogP contribution in [0.15, 0.2) is 42.5 Å². The second-order valence-corrected chi connectivity index (χ2v) is 6.17. The van der Waals surface area contributed by atoms with Gasteiger partial charge in [-0.15, -0.1) is 0 Å². The molecule has 116 valence electrons. The molecule has 0 bridgehead atoms. The van der Waals surface area contributed by atoms with Crippen molar-refractivity contribution in [3.8, 4) is 0 Å². The number of carbonyl (C=O) groups excluding carboxylic acids is 1. The van der Waals surface area contributed by atoms with Crippen LogP contribution in [0.3, 0.4) is 0 Å². The Hall–Kier alpha value is -1.26. The lowest BCUT2D eigenvalue weighted by Gasteiger charge is -2.13. The van der Waals surface area contributed by atoms with Crippen LogP contribution in [-0.4, -0.2) is 12.5 Å². The van der Waals surface area contributed by atoms with Gasteiger partial charge in [0.15, 0.2) is 6.54 Å². The second-order valence-electron chi connectivity index (χ2n) is 4.92. The first-order valence-electron chi connectivity index (χ1n) is 6.80. The van der Waals surface area contributed by atoms with E-state index in [0.29, 0.717) is 20.8 Å². The lowest BCUT2D eigenvalue weighted by atomic mass is 10.1. The van der Waals surface area contributed by atoms with Gasteiger partial charge in [0.2, 0.25) is 0 Å². The maximum Gasteiger partial charge on any atom is 0.279 e. The number of quaternary nitrogens is 1. The quantitative estimate of drug-likeness (QED) is 0.836. The highest BCUT2D eigenvalue weighted by atomic mass is 35.5. The minimum absolute atomic E-state index is 0.0835. The summed E-state index contributed by atoms with van der Waals surface area (Å²) in [6.07, 6.45) is 0. The summed E-state index contributed by atoms with van der Waals surface area (Å²) in [5, 5.41) is 6.33. The van der Waals surface area contributed by atoms with Crippen molar-refractivity contribution >= 4 is 46.4 Å². The molecule has 3 N–H and O–H groups in total. The molecule has 0 saturated carbocycles. The molecular weight excluding hydrogens is 343 g/mol. The first-order valence-corrected chi connectivity index (χ1v) is 7.93. The fourth-order valence-electron chi connectivity index (χ4n) is 2.05. The van der Waals surface area contributed by atoms with Gasteiger partial charge in [0.25, 0.3) is 5.91 Å². The third kappa shape index (κ3) is 4.62. The van der Waals surface area contributed by atoms with Gasteiger partial charge in [0.1, 0.15) is 6.04 Å². The molecule has 2 aromatic rings. The minimum atomic E-state index is -0.136. The van der Waals surface area contributed by atoms with Gasteiger partial charge in [0, 0.05) is 15.6 Å². The number of hydrogen-bond acceptors (Lipinski definition) is 1. The molecule has 0 aliphatic heterocycles. The SMILES string of the molecule is C[C@H]([NH2+]CC(=O)Nc1ccc(Cl)cc1Cl)c1ccccc1Cl. The van der Waals surface area contributed by atoms with E-state index in [2.05, 4.69) is 5.32 Å². The molecule has 1 amide bonds. The molecule has 22 heavy (non-hydrogen) atoms. The molecule has 0 radical (unpaired) electrons. The third-order valence-electron chi connectivity index (χ3n) is 3.26. The largest absolute Gasteiger partial charge is 0.332 e. The smallest absolute Gasteiger partial charge is 0.279 e. The highest BCUT2D eigenvalue weighted by Crippen LogP contribution is 2.25. The first-order chi connectivity index (χ1) is 10.5. The fourth-order valence-corrected chi connectivity index (χ4v) is 2.81. The van der Waals surface area contributed by atoms with Crippen molar-refractivity contribution < 1.29 is 10.1 Å². The molecule has 6 heteroatoms. The zero-order valence-corrected chi connectivity index (χ0v) is 14.2. The van der Waals surface area contributed by atoms with Gasteiger partial charge >= 0.3 is 0 Å². The van der Waals surface area contributed by atoms with E-state index in [1.54, 1.807) is 18.2 Å². The maximum atomic E-state index is 12.0. The van der Waals surface area contributed by atoms with Crippen molar-refractivity contribution in [3.63, 3.8) is 0 Å². The summed E-state index contributed by atoms with van der Waals surface area (Å²) in [6, 6.07) is 12.6. The fraction of sp³-hybridized carbons (Fsp3) is 0.188. The molecule has 0 saturated heterocycles. The van der Waals surface area contributed by atoms with Gasteiger partial charge < -0.3 is 10.6 Å². The van der Waals surface area contributed by atoms with Crippen LogP contribution in [0.25, 0.3) is 0 Å². The molecule has 1 atom stereocenters. The van der Waals surface area contributed by atoms with Crippen LogP contribution < -0.4 is 10.6 Å². The van der Waals surface area contributed by atoms with Crippen LogP contribution in [0, 0.1) is 0 Å². The summed E-state index contributed by atoms with van der Waals surface area (Å²) < 4.78 is 0. The second kappa shape index (κ2) is 7.84. The zero-order valence-electron chi connectivity index (χ0n) is 11.9. The molecule has 0 aliphatic rings. The molecule has 3 nitrogen and oxygen atoms in total. The Kier molecular flexibility index (Phi) is 6.09. The summed E-state index contributed by atoms with van der Waals surface area (Å²) in [6.45, 7) is 2.27. The van der Waals surface area contributed by atoms with Gasteiger partial charge in [0.05, 0.1) is 10.7 Å². The molecular formula is C16H16Cl3N2O+. The van der Waals surface area contributed by atoms with E-state index in [0.717, 1.165) is 5.56 Å². The monoisotopic (exact) mass is 357 g/mol. The molecule has 0 heterocycles. The molecule has 0 spiro atoms. The number of nitrogens with two attached hydrogens (primary N) is 1. The topological polar surface area (TPSA) is 45.7 Å². The Balaban J connectivity index is 1.91. The predicted molar refractivity (Wildman–Crippen MR) is 91.8 cm³/mol. The number of halogens is 3. The van der Waals surface area contributed by atoms with E-state index in [4.69, 9.17) is 34.8 Å². The predicted octanol–water partition coefficient (Wildman–Crippen LogP) is 3.91. The molecule has 2 aromatic carbocycles. The number of rotatable bonds is 5. The van der Waals surface area contributed by atoms with Gasteiger partial charge in [-0.25, -0.2) is 0 Å². The van der Waals surface area contributed by atoms with Gasteiger partial charge in [-0.2, -0.15) is 0 Å². The summed E-state index contributed by atoms with van der Waals surface area (Å²) >= 11 is 18.0. The zero-order chi connectivity index (χ0) is 16.1. The van der Waals surface area contributed by atoms with Crippen molar-refractivity contribution in [3.05, 3.63) is 63.1 Å². The van der Waals surface area contributed by atoms with Crippen molar-refractivity contribution in [1.29, 1.82) is 0 Å². The number of amides is 1. The lowest BCUT2D eigenvalue weighted by molar-refractivity contribution is -0.682. The van der Waals surface area contributed by atoms with Crippen LogP contribution in [-0.2, 0) is 4.79 Å². The number of benzene rings is 2. The Morgan fingerprint density at radius 3 is 2.55 bits per heavy atom. The molecule has 0 aromatic heterocycles. The van der Waals surface area contributed by atoms with Crippen LogP contribution in [0.5, 0.6) is 0 Å². The van der Waals surface area contributed by atoms with E-state index >= 15 is 0 Å². The molecule has 0 fully saturated rings. The van der Waals surface area contributed by atoms with E-state index in [9.17, 15) is 4.79 Å². The average Bonchev–Trinajstić information content (AvgIpc) is 2.48. The van der Waals surface area contributed by atoms with Gasteiger partial charge in [-0.1, -0.05) is 53.0 Å². The standard InChI is InChI=1S/C16H15Cl3N2O/c1-10(12-4-2-3-5-13(12)18)20-9-16(22)21-15-7-6-11(17)8-14(15)19/h2-8,10,20H,9H2,1H3,(H,21,22)/p+1/t10-/m0/s1. The summed E-state index contributed by atoms with van der Waals surface area (Å²) in [5.74, 6) is -0.136. The maximum absolute atomic E-state index is 12.0. The lowest BCUT2D eigenvalue weighted by Crippen LogP contribution is -2.86. The van der Waals surface area contributed by atoms with Crippen molar-refractivity contribution in [2.45, 2.75) is 13.0 Å². The Labute approximate surface area is 144 Å². The summed E-state index contributed by atoms with van der Waals surface area (Å²) in [7, 11) is 0. The Morgan fingerprint density at radius 2 is 1.86 bits per heavy atom. The number of anilines is 1. The van der Waals surface area contributed by atoms with E-state index in [1.165, 1.54) is 0 Å². The molecule has 2 rings (SSSR count). The molecule has 0 unspecified atom stereocenters. The molecule has 0 aliphatic carbocycles. The van der Waals surface area contributed by atoms with Crippen molar-refractivity contribution in [2.24, 2.45) is 0 Å². The van der Waals surface area contributed by atoms with E-state index < -0.39 is 0 Å². The number of carbonyl (C=O) groups is 1. The summed E-state index contributed by atoms with van der Waals surface area (Å²) in [4.78, 5) is 12.0.